The van der Waals surface area contributed by atoms with E-state index >= 15 is 0 Å². The molecule has 0 N–H and O–H groups in total. The zero-order valence-corrected chi connectivity index (χ0v) is 18.4. The number of rotatable bonds is 7. The van der Waals surface area contributed by atoms with Gasteiger partial charge in [0.1, 0.15) is 11.6 Å². The maximum atomic E-state index is 4.95. The van der Waals surface area contributed by atoms with Crippen molar-refractivity contribution in [2.45, 2.75) is 47.5 Å². The van der Waals surface area contributed by atoms with E-state index in [9.17, 15) is 0 Å². The smallest absolute Gasteiger partial charge is 0.131 e. The maximum Gasteiger partial charge on any atom is 0.131 e. The van der Waals surface area contributed by atoms with Gasteiger partial charge in [0.25, 0.3) is 0 Å². The summed E-state index contributed by atoms with van der Waals surface area (Å²) >= 11 is 0. The summed E-state index contributed by atoms with van der Waals surface area (Å²) in [7, 11) is 4.04. The summed E-state index contributed by atoms with van der Waals surface area (Å²) in [6.07, 6.45) is 4.24. The lowest BCUT2D eigenvalue weighted by molar-refractivity contribution is 0.716. The predicted octanol–water partition coefficient (Wildman–Crippen LogP) is 5.01. The summed E-state index contributed by atoms with van der Waals surface area (Å²) in [5, 5.41) is 4.95. The monoisotopic (exact) mass is 379 g/mol. The maximum absolute atomic E-state index is 4.95. The highest BCUT2D eigenvalue weighted by atomic mass is 15.3. The molecule has 0 amide bonds. The molecule has 3 aromatic heterocycles. The van der Waals surface area contributed by atoms with Crippen LogP contribution in [0.5, 0.6) is 0 Å². The van der Waals surface area contributed by atoms with Crippen LogP contribution in [0, 0.1) is 20.8 Å². The predicted molar refractivity (Wildman–Crippen MR) is 120 cm³/mol. The highest BCUT2D eigenvalue weighted by molar-refractivity contribution is 5.85. The molecule has 3 heterocycles. The summed E-state index contributed by atoms with van der Waals surface area (Å²) in [5.74, 6) is 2.16. The van der Waals surface area contributed by atoms with Crippen molar-refractivity contribution < 1.29 is 0 Å². The Bertz CT molecular complexity index is 965. The molecule has 0 unspecified atom stereocenters. The summed E-state index contributed by atoms with van der Waals surface area (Å²) in [5.41, 5.74) is 7.03. The Hall–Kier alpha value is -2.56. The van der Waals surface area contributed by atoms with E-state index in [1.54, 1.807) is 0 Å². The van der Waals surface area contributed by atoms with Crippen molar-refractivity contribution in [1.29, 1.82) is 0 Å². The average molecular weight is 380 g/mol. The largest absolute Gasteiger partial charge is 0.363 e. The molecule has 0 aliphatic rings. The molecule has 0 bridgehead atoms. The van der Waals surface area contributed by atoms with Gasteiger partial charge in [-0.1, -0.05) is 13.8 Å². The molecule has 0 saturated carbocycles. The SMILES string of the molecule is CCCN(CCC)c1cc(C)cc2c(-c3cnc(N(C)C)cc3C)c(C)nn12. The van der Waals surface area contributed by atoms with Crippen molar-refractivity contribution in [1.82, 2.24) is 14.6 Å². The van der Waals surface area contributed by atoms with Gasteiger partial charge in [-0.05, 0) is 62.9 Å². The second-order valence-electron chi connectivity index (χ2n) is 7.89. The Labute approximate surface area is 169 Å². The lowest BCUT2D eigenvalue weighted by Crippen LogP contribution is -2.27. The Morgan fingerprint density at radius 1 is 0.964 bits per heavy atom. The highest BCUT2D eigenvalue weighted by Crippen LogP contribution is 2.34. The van der Waals surface area contributed by atoms with Gasteiger partial charge in [-0.25, -0.2) is 9.50 Å². The van der Waals surface area contributed by atoms with Crippen LogP contribution < -0.4 is 9.80 Å². The standard InChI is InChI=1S/C23H33N5/c1-8-10-27(11-9-2)22-13-16(3)12-20-23(18(5)25-28(20)22)19-15-24-21(26(6)7)14-17(19)4/h12-15H,8-11H2,1-7H3. The van der Waals surface area contributed by atoms with Crippen LogP contribution in [0.15, 0.2) is 24.4 Å². The van der Waals surface area contributed by atoms with Gasteiger partial charge in [0.05, 0.1) is 11.2 Å². The molecule has 0 aromatic carbocycles. The Morgan fingerprint density at radius 3 is 2.21 bits per heavy atom. The first-order chi connectivity index (χ1) is 13.4. The Kier molecular flexibility index (Phi) is 5.92. The molecule has 28 heavy (non-hydrogen) atoms. The van der Waals surface area contributed by atoms with Crippen molar-refractivity contribution >= 4 is 17.2 Å². The van der Waals surface area contributed by atoms with E-state index in [4.69, 9.17) is 5.10 Å². The second-order valence-corrected chi connectivity index (χ2v) is 7.89. The Balaban J connectivity index is 2.22. The van der Waals surface area contributed by atoms with Crippen LogP contribution in [0.1, 0.15) is 43.5 Å². The molecule has 5 nitrogen and oxygen atoms in total. The van der Waals surface area contributed by atoms with E-state index in [0.717, 1.165) is 48.5 Å². The molecule has 150 valence electrons. The van der Waals surface area contributed by atoms with E-state index in [-0.39, 0.29) is 0 Å². The van der Waals surface area contributed by atoms with Gasteiger partial charge >= 0.3 is 0 Å². The first-order valence-electron chi connectivity index (χ1n) is 10.3. The third-order valence-corrected chi connectivity index (χ3v) is 5.17. The zero-order chi connectivity index (χ0) is 20.4. The molecule has 0 aliphatic heterocycles. The molecule has 0 fully saturated rings. The highest BCUT2D eigenvalue weighted by Gasteiger charge is 2.19. The molecule has 0 spiro atoms. The average Bonchev–Trinajstić information content (AvgIpc) is 2.96. The van der Waals surface area contributed by atoms with Crippen molar-refractivity contribution in [3.05, 3.63) is 41.2 Å². The van der Waals surface area contributed by atoms with Crippen molar-refractivity contribution in [2.24, 2.45) is 0 Å². The number of hydrogen-bond acceptors (Lipinski definition) is 4. The molecular formula is C23H33N5. The first kappa shape index (κ1) is 20.2. The number of fused-ring (bicyclic) bond motifs is 1. The molecule has 0 radical (unpaired) electrons. The van der Waals surface area contributed by atoms with Gasteiger partial charge in [0.15, 0.2) is 0 Å². The minimum atomic E-state index is 0.976. The van der Waals surface area contributed by atoms with E-state index < -0.39 is 0 Å². The summed E-state index contributed by atoms with van der Waals surface area (Å²) in [4.78, 5) is 9.15. The van der Waals surface area contributed by atoms with Gasteiger partial charge in [0.2, 0.25) is 0 Å². The van der Waals surface area contributed by atoms with Crippen LogP contribution in [-0.2, 0) is 0 Å². The van der Waals surface area contributed by atoms with E-state index in [2.05, 4.69) is 67.2 Å². The van der Waals surface area contributed by atoms with Gasteiger partial charge in [-0.2, -0.15) is 5.10 Å². The van der Waals surface area contributed by atoms with E-state index in [0.29, 0.717) is 0 Å². The van der Waals surface area contributed by atoms with Gasteiger partial charge < -0.3 is 9.80 Å². The number of anilines is 2. The van der Waals surface area contributed by atoms with Gasteiger partial charge in [0, 0.05) is 44.5 Å². The van der Waals surface area contributed by atoms with Crippen LogP contribution in [-0.4, -0.2) is 41.8 Å². The molecule has 3 rings (SSSR count). The fraction of sp³-hybridized carbons (Fsp3) is 0.478. The third-order valence-electron chi connectivity index (χ3n) is 5.17. The number of aryl methyl sites for hydroxylation is 3. The normalized spacial score (nSPS) is 11.2. The van der Waals surface area contributed by atoms with E-state index in [1.807, 2.05) is 25.2 Å². The fourth-order valence-electron chi connectivity index (χ4n) is 3.86. The minimum Gasteiger partial charge on any atom is -0.363 e. The third kappa shape index (κ3) is 3.71. The lowest BCUT2D eigenvalue weighted by Gasteiger charge is -2.24. The number of aromatic nitrogens is 3. The van der Waals surface area contributed by atoms with Crippen molar-refractivity contribution in [3.63, 3.8) is 0 Å². The summed E-state index contributed by atoms with van der Waals surface area (Å²) in [6.45, 7) is 13.0. The van der Waals surface area contributed by atoms with Crippen LogP contribution >= 0.6 is 0 Å². The van der Waals surface area contributed by atoms with Crippen LogP contribution in [0.3, 0.4) is 0 Å². The molecule has 5 heteroatoms. The lowest BCUT2D eigenvalue weighted by atomic mass is 10.0. The summed E-state index contributed by atoms with van der Waals surface area (Å²) < 4.78 is 2.13. The van der Waals surface area contributed by atoms with Gasteiger partial charge in [-0.15, -0.1) is 0 Å². The number of pyridine rings is 2. The van der Waals surface area contributed by atoms with Crippen LogP contribution in [0.25, 0.3) is 16.6 Å². The fourth-order valence-corrected chi connectivity index (χ4v) is 3.86. The Morgan fingerprint density at radius 2 is 1.64 bits per heavy atom. The number of nitrogens with zero attached hydrogens (tertiary/aromatic N) is 5. The quantitative estimate of drug-likeness (QED) is 0.578. The number of hydrogen-bond donors (Lipinski definition) is 0. The first-order valence-corrected chi connectivity index (χ1v) is 10.3. The van der Waals surface area contributed by atoms with E-state index in [1.165, 1.54) is 22.5 Å². The zero-order valence-electron chi connectivity index (χ0n) is 18.4. The second kappa shape index (κ2) is 8.21. The molecule has 0 aliphatic carbocycles. The van der Waals surface area contributed by atoms with Crippen molar-refractivity contribution in [2.75, 3.05) is 37.0 Å². The molecule has 0 saturated heterocycles. The van der Waals surface area contributed by atoms with Crippen LogP contribution in [0.2, 0.25) is 0 Å². The van der Waals surface area contributed by atoms with Crippen molar-refractivity contribution in [3.8, 4) is 11.1 Å². The summed E-state index contributed by atoms with van der Waals surface area (Å²) in [6, 6.07) is 6.65. The van der Waals surface area contributed by atoms with Crippen LogP contribution in [0.4, 0.5) is 11.6 Å². The minimum absolute atomic E-state index is 0.976. The molecular weight excluding hydrogens is 346 g/mol. The molecule has 0 atom stereocenters. The molecule has 3 aromatic rings. The topological polar surface area (TPSA) is 36.7 Å². The van der Waals surface area contributed by atoms with Gasteiger partial charge in [-0.3, -0.25) is 0 Å².